The highest BCUT2D eigenvalue weighted by Crippen LogP contribution is 2.35. The molecule has 124 valence electrons. The minimum Gasteiger partial charge on any atom is -0.344 e. The van der Waals surface area contributed by atoms with Crippen molar-refractivity contribution in [2.24, 2.45) is 7.05 Å². The second-order valence-electron chi connectivity index (χ2n) is 7.28. The fourth-order valence-corrected chi connectivity index (χ4v) is 4.66. The van der Waals surface area contributed by atoms with Crippen molar-refractivity contribution in [2.45, 2.75) is 13.0 Å². The van der Waals surface area contributed by atoms with Crippen LogP contribution in [0, 0.1) is 0 Å². The lowest BCUT2D eigenvalue weighted by atomic mass is 9.94. The van der Waals surface area contributed by atoms with Gasteiger partial charge in [-0.2, -0.15) is 4.57 Å². The van der Waals surface area contributed by atoms with Gasteiger partial charge in [-0.25, -0.2) is 0 Å². The van der Waals surface area contributed by atoms with Crippen LogP contribution >= 0.6 is 0 Å². The molecule has 2 aromatic heterocycles. The Morgan fingerprint density at radius 1 is 0.808 bits per heavy atom. The lowest BCUT2D eigenvalue weighted by Crippen LogP contribution is -2.41. The summed E-state index contributed by atoms with van der Waals surface area (Å²) < 4.78 is 4.81. The van der Waals surface area contributed by atoms with Crippen molar-refractivity contribution in [1.29, 1.82) is 0 Å². The van der Waals surface area contributed by atoms with E-state index in [4.69, 9.17) is 0 Å². The predicted octanol–water partition coefficient (Wildman–Crippen LogP) is 5.00. The van der Waals surface area contributed by atoms with Crippen molar-refractivity contribution in [1.82, 2.24) is 4.57 Å². The van der Waals surface area contributed by atoms with Gasteiger partial charge in [0.2, 0.25) is 11.2 Å². The third-order valence-electron chi connectivity index (χ3n) is 5.96. The highest BCUT2D eigenvalue weighted by Gasteiger charge is 2.26. The van der Waals surface area contributed by atoms with Crippen LogP contribution in [0.4, 0.5) is 0 Å². The summed E-state index contributed by atoms with van der Waals surface area (Å²) in [7, 11) is 2.18. The Morgan fingerprint density at radius 3 is 2.62 bits per heavy atom. The number of pyridine rings is 1. The Hall–Kier alpha value is -3.13. The molecule has 1 aliphatic heterocycles. The van der Waals surface area contributed by atoms with E-state index in [0.29, 0.717) is 0 Å². The number of rotatable bonds is 0. The summed E-state index contributed by atoms with van der Waals surface area (Å²) in [4.78, 5) is 0. The van der Waals surface area contributed by atoms with E-state index in [1.54, 1.807) is 0 Å². The first-order valence-electron chi connectivity index (χ1n) is 9.23. The molecule has 26 heavy (non-hydrogen) atoms. The molecule has 6 rings (SSSR count). The average Bonchev–Trinajstić information content (AvgIpc) is 2.98. The molecular weight excluding hydrogens is 316 g/mol. The zero-order valence-electron chi connectivity index (χ0n) is 14.7. The fourth-order valence-electron chi connectivity index (χ4n) is 4.66. The normalized spacial score (nSPS) is 13.3. The molecule has 0 bridgehead atoms. The van der Waals surface area contributed by atoms with Crippen LogP contribution in [-0.4, -0.2) is 4.57 Å². The molecule has 2 nitrogen and oxygen atoms in total. The summed E-state index contributed by atoms with van der Waals surface area (Å²) in [6.45, 7) is 1.04. The van der Waals surface area contributed by atoms with Crippen LogP contribution in [0.3, 0.4) is 0 Å². The van der Waals surface area contributed by atoms with Crippen molar-refractivity contribution in [2.75, 3.05) is 0 Å². The van der Waals surface area contributed by atoms with E-state index in [-0.39, 0.29) is 0 Å². The van der Waals surface area contributed by atoms with Gasteiger partial charge in [0, 0.05) is 52.8 Å². The van der Waals surface area contributed by atoms with E-state index in [2.05, 4.69) is 89.0 Å². The van der Waals surface area contributed by atoms with Gasteiger partial charge in [-0.05, 0) is 35.9 Å². The number of para-hydroxylation sites is 2. The molecule has 0 spiro atoms. The quantitative estimate of drug-likeness (QED) is 0.352. The highest BCUT2D eigenvalue weighted by molar-refractivity contribution is 6.09. The molecule has 0 fully saturated rings. The molecule has 1 aliphatic rings. The lowest BCUT2D eigenvalue weighted by molar-refractivity contribution is -0.661. The van der Waals surface area contributed by atoms with E-state index in [0.717, 1.165) is 13.0 Å². The number of benzene rings is 3. The van der Waals surface area contributed by atoms with E-state index in [1.807, 2.05) is 0 Å². The molecule has 0 saturated carbocycles. The third kappa shape index (κ3) is 1.74. The standard InChI is InChI=1S/C24H19N2/c1-25-22-9-5-3-7-18(22)20-15-19-17(14-24(20)25)12-13-26-21-8-4-2-6-16(21)10-11-23(19)26/h2-11,14-15H,12-13H2,1H3/q+1. The second-order valence-corrected chi connectivity index (χ2v) is 7.28. The Bertz CT molecular complexity index is 1340. The Balaban J connectivity index is 1.73. The number of hydrogen-bond acceptors (Lipinski definition) is 0. The number of hydrogen-bond donors (Lipinski definition) is 0. The van der Waals surface area contributed by atoms with Crippen molar-refractivity contribution < 1.29 is 4.57 Å². The fraction of sp³-hybridized carbons (Fsp3) is 0.125. The average molecular weight is 335 g/mol. The minimum absolute atomic E-state index is 1.04. The molecular formula is C24H19N2+. The molecule has 0 atom stereocenters. The summed E-state index contributed by atoms with van der Waals surface area (Å²) in [5.74, 6) is 0. The molecule has 0 amide bonds. The predicted molar refractivity (Wildman–Crippen MR) is 107 cm³/mol. The molecule has 0 saturated heterocycles. The zero-order valence-corrected chi connectivity index (χ0v) is 14.7. The summed E-state index contributed by atoms with van der Waals surface area (Å²) in [5, 5.41) is 4.00. The van der Waals surface area contributed by atoms with Gasteiger partial charge in [0.25, 0.3) is 0 Å². The number of aromatic nitrogens is 2. The van der Waals surface area contributed by atoms with E-state index in [1.165, 1.54) is 49.5 Å². The first-order valence-corrected chi connectivity index (χ1v) is 9.23. The summed E-state index contributed by atoms with van der Waals surface area (Å²) in [6, 6.07) is 26.8. The molecule has 0 radical (unpaired) electrons. The smallest absolute Gasteiger partial charge is 0.213 e. The summed E-state index contributed by atoms with van der Waals surface area (Å²) in [6.07, 6.45) is 1.08. The van der Waals surface area contributed by atoms with Crippen molar-refractivity contribution in [3.05, 3.63) is 78.4 Å². The molecule has 5 aromatic rings. The Morgan fingerprint density at radius 2 is 1.65 bits per heavy atom. The van der Waals surface area contributed by atoms with Crippen LogP contribution in [0.15, 0.2) is 72.8 Å². The molecule has 3 aromatic carbocycles. The van der Waals surface area contributed by atoms with Gasteiger partial charge >= 0.3 is 0 Å². The summed E-state index contributed by atoms with van der Waals surface area (Å²) in [5.41, 5.74) is 8.13. The maximum Gasteiger partial charge on any atom is 0.213 e. The number of aryl methyl sites for hydroxylation is 3. The third-order valence-corrected chi connectivity index (χ3v) is 5.96. The molecule has 3 heterocycles. The summed E-state index contributed by atoms with van der Waals surface area (Å²) >= 11 is 0. The Kier molecular flexibility index (Phi) is 2.68. The van der Waals surface area contributed by atoms with E-state index in [9.17, 15) is 0 Å². The maximum absolute atomic E-state index is 2.48. The zero-order chi connectivity index (χ0) is 17.3. The number of nitrogens with zero attached hydrogens (tertiary/aromatic N) is 2. The molecule has 2 heteroatoms. The van der Waals surface area contributed by atoms with Crippen LogP contribution in [0.25, 0.3) is 44.0 Å². The van der Waals surface area contributed by atoms with Crippen LogP contribution < -0.4 is 4.57 Å². The van der Waals surface area contributed by atoms with Gasteiger partial charge in [-0.3, -0.25) is 0 Å². The van der Waals surface area contributed by atoms with Crippen molar-refractivity contribution in [3.8, 4) is 11.3 Å². The van der Waals surface area contributed by atoms with Crippen molar-refractivity contribution in [3.63, 3.8) is 0 Å². The lowest BCUT2D eigenvalue weighted by Gasteiger charge is -2.16. The highest BCUT2D eigenvalue weighted by atomic mass is 15.0. The van der Waals surface area contributed by atoms with Gasteiger partial charge in [0.15, 0.2) is 6.54 Å². The van der Waals surface area contributed by atoms with Crippen LogP contribution in [-0.2, 0) is 20.0 Å². The van der Waals surface area contributed by atoms with Gasteiger partial charge in [-0.15, -0.1) is 0 Å². The van der Waals surface area contributed by atoms with Gasteiger partial charge < -0.3 is 4.57 Å². The maximum atomic E-state index is 2.48. The molecule has 0 unspecified atom stereocenters. The van der Waals surface area contributed by atoms with Crippen LogP contribution in [0.2, 0.25) is 0 Å². The topological polar surface area (TPSA) is 8.81 Å². The van der Waals surface area contributed by atoms with E-state index < -0.39 is 0 Å². The van der Waals surface area contributed by atoms with Gasteiger partial charge in [0.05, 0.1) is 5.56 Å². The van der Waals surface area contributed by atoms with Gasteiger partial charge in [0.1, 0.15) is 0 Å². The monoisotopic (exact) mass is 335 g/mol. The first kappa shape index (κ1) is 14.1. The van der Waals surface area contributed by atoms with Crippen LogP contribution in [0.1, 0.15) is 5.56 Å². The van der Waals surface area contributed by atoms with E-state index >= 15 is 0 Å². The molecule has 0 N–H and O–H groups in total. The minimum atomic E-state index is 1.04. The van der Waals surface area contributed by atoms with Crippen LogP contribution in [0.5, 0.6) is 0 Å². The number of fused-ring (bicyclic) bond motifs is 8. The molecule has 0 aliphatic carbocycles. The second kappa shape index (κ2) is 4.95. The van der Waals surface area contributed by atoms with Gasteiger partial charge in [-0.1, -0.05) is 30.3 Å². The Labute approximate surface area is 151 Å². The largest absolute Gasteiger partial charge is 0.344 e. The SMILES string of the molecule is Cn1c2ccccc2c2cc3c(cc21)CC[n+]1c-3ccc2ccccc21. The first-order chi connectivity index (χ1) is 12.8. The van der Waals surface area contributed by atoms with Crippen molar-refractivity contribution >= 4 is 32.7 Å².